The first-order chi connectivity index (χ1) is 9.73. The molecule has 1 saturated carbocycles. The van der Waals surface area contributed by atoms with Gasteiger partial charge in [-0.15, -0.1) is 0 Å². The van der Waals surface area contributed by atoms with E-state index in [0.717, 1.165) is 12.5 Å². The molecule has 0 aliphatic heterocycles. The van der Waals surface area contributed by atoms with Gasteiger partial charge in [-0.2, -0.15) is 0 Å². The van der Waals surface area contributed by atoms with Gasteiger partial charge in [0.2, 0.25) is 0 Å². The Balaban J connectivity index is 2.45. The van der Waals surface area contributed by atoms with Crippen LogP contribution in [-0.4, -0.2) is 30.3 Å². The van der Waals surface area contributed by atoms with Crippen LogP contribution in [0.4, 0.5) is 4.79 Å². The molecule has 21 heavy (non-hydrogen) atoms. The molecule has 1 fully saturated rings. The fourth-order valence-corrected chi connectivity index (χ4v) is 2.98. The molecule has 124 valence electrons. The molecule has 1 aliphatic rings. The third-order valence-electron chi connectivity index (χ3n) is 4.29. The third kappa shape index (κ3) is 6.68. The molecule has 0 aromatic heterocycles. The molecular formula is C17H34N2O2. The van der Waals surface area contributed by atoms with E-state index in [4.69, 9.17) is 4.74 Å². The largest absolute Gasteiger partial charge is 0.444 e. The Bertz CT molecular complexity index is 323. The second-order valence-electron chi connectivity index (χ2n) is 7.61. The van der Waals surface area contributed by atoms with E-state index in [1.165, 1.54) is 25.7 Å². The highest BCUT2D eigenvalue weighted by Crippen LogP contribution is 2.28. The lowest BCUT2D eigenvalue weighted by molar-refractivity contribution is 0.0488. The highest BCUT2D eigenvalue weighted by molar-refractivity contribution is 5.68. The summed E-state index contributed by atoms with van der Waals surface area (Å²) < 4.78 is 5.35. The number of nitrogens with one attached hydrogen (secondary N) is 2. The Morgan fingerprint density at radius 3 is 2.48 bits per heavy atom. The predicted octanol–water partition coefficient (Wildman–Crippen LogP) is 3.70. The van der Waals surface area contributed by atoms with E-state index in [1.54, 1.807) is 0 Å². The first kappa shape index (κ1) is 18.3. The monoisotopic (exact) mass is 298 g/mol. The number of carbonyl (C=O) groups is 1. The minimum Gasteiger partial charge on any atom is -0.444 e. The molecule has 1 aliphatic carbocycles. The summed E-state index contributed by atoms with van der Waals surface area (Å²) in [4.78, 5) is 11.9. The summed E-state index contributed by atoms with van der Waals surface area (Å²) in [6.45, 7) is 13.0. The summed E-state index contributed by atoms with van der Waals surface area (Å²) in [7, 11) is 0. The van der Waals surface area contributed by atoms with Crippen molar-refractivity contribution in [3.8, 4) is 0 Å². The third-order valence-corrected chi connectivity index (χ3v) is 4.29. The SMILES string of the molecule is CCC1CCCC1NCC(NC(=O)OC(C)(C)C)C(C)C. The number of amides is 1. The average molecular weight is 298 g/mol. The van der Waals surface area contributed by atoms with Crippen LogP contribution in [0.15, 0.2) is 0 Å². The van der Waals surface area contributed by atoms with Crippen molar-refractivity contribution in [1.29, 1.82) is 0 Å². The van der Waals surface area contributed by atoms with Crippen LogP contribution < -0.4 is 10.6 Å². The Kier molecular flexibility index (Phi) is 6.98. The maximum atomic E-state index is 11.9. The second-order valence-corrected chi connectivity index (χ2v) is 7.61. The van der Waals surface area contributed by atoms with Crippen LogP contribution in [0.5, 0.6) is 0 Å². The smallest absolute Gasteiger partial charge is 0.407 e. The molecule has 2 N–H and O–H groups in total. The van der Waals surface area contributed by atoms with Crippen molar-refractivity contribution >= 4 is 6.09 Å². The fourth-order valence-electron chi connectivity index (χ4n) is 2.98. The van der Waals surface area contributed by atoms with Gasteiger partial charge in [0.25, 0.3) is 0 Å². The number of alkyl carbamates (subject to hydrolysis) is 1. The molecule has 0 radical (unpaired) electrons. The summed E-state index contributed by atoms with van der Waals surface area (Å²) in [5.41, 5.74) is -0.447. The van der Waals surface area contributed by atoms with Crippen LogP contribution in [0.1, 0.15) is 67.2 Å². The van der Waals surface area contributed by atoms with E-state index in [9.17, 15) is 4.79 Å². The van der Waals surface area contributed by atoms with Gasteiger partial charge in [-0.05, 0) is 45.4 Å². The van der Waals surface area contributed by atoms with E-state index >= 15 is 0 Å². The molecule has 1 amide bonds. The molecule has 4 heteroatoms. The van der Waals surface area contributed by atoms with Crippen molar-refractivity contribution in [2.45, 2.75) is 84.9 Å². The lowest BCUT2D eigenvalue weighted by atomic mass is 9.99. The number of hydrogen-bond acceptors (Lipinski definition) is 3. The maximum absolute atomic E-state index is 11.9. The van der Waals surface area contributed by atoms with E-state index in [-0.39, 0.29) is 12.1 Å². The predicted molar refractivity (Wildman–Crippen MR) is 87.4 cm³/mol. The van der Waals surface area contributed by atoms with Crippen LogP contribution in [0.3, 0.4) is 0 Å². The lowest BCUT2D eigenvalue weighted by Crippen LogP contribution is -2.49. The summed E-state index contributed by atoms with van der Waals surface area (Å²) in [6, 6.07) is 0.717. The molecule has 1 rings (SSSR count). The highest BCUT2D eigenvalue weighted by Gasteiger charge is 2.27. The molecule has 4 nitrogen and oxygen atoms in total. The number of rotatable bonds is 6. The zero-order valence-corrected chi connectivity index (χ0v) is 14.7. The molecule has 0 aromatic carbocycles. The van der Waals surface area contributed by atoms with Gasteiger partial charge in [0.15, 0.2) is 0 Å². The quantitative estimate of drug-likeness (QED) is 0.786. The van der Waals surface area contributed by atoms with E-state index in [0.29, 0.717) is 12.0 Å². The Morgan fingerprint density at radius 2 is 1.95 bits per heavy atom. The Morgan fingerprint density at radius 1 is 1.29 bits per heavy atom. The zero-order valence-electron chi connectivity index (χ0n) is 14.7. The Hall–Kier alpha value is -0.770. The van der Waals surface area contributed by atoms with Gasteiger partial charge >= 0.3 is 6.09 Å². The first-order valence-corrected chi connectivity index (χ1v) is 8.45. The summed E-state index contributed by atoms with van der Waals surface area (Å²) >= 11 is 0. The summed E-state index contributed by atoms with van der Waals surface area (Å²) in [5, 5.41) is 6.67. The minimum absolute atomic E-state index is 0.109. The number of ether oxygens (including phenoxy) is 1. The summed E-state index contributed by atoms with van der Waals surface area (Å²) in [5.74, 6) is 1.17. The normalized spacial score (nSPS) is 24.1. The minimum atomic E-state index is -0.447. The molecule has 0 aromatic rings. The van der Waals surface area contributed by atoms with Gasteiger partial charge in [-0.25, -0.2) is 4.79 Å². The van der Waals surface area contributed by atoms with Gasteiger partial charge in [-0.3, -0.25) is 0 Å². The van der Waals surface area contributed by atoms with Crippen molar-refractivity contribution in [3.63, 3.8) is 0 Å². The van der Waals surface area contributed by atoms with Crippen molar-refractivity contribution in [2.75, 3.05) is 6.54 Å². The fraction of sp³-hybridized carbons (Fsp3) is 0.941. The maximum Gasteiger partial charge on any atom is 0.407 e. The van der Waals surface area contributed by atoms with Gasteiger partial charge in [-0.1, -0.05) is 33.6 Å². The second kappa shape index (κ2) is 8.02. The van der Waals surface area contributed by atoms with Crippen LogP contribution in [-0.2, 0) is 4.74 Å². The first-order valence-electron chi connectivity index (χ1n) is 8.45. The van der Waals surface area contributed by atoms with Gasteiger partial charge in [0.05, 0.1) is 0 Å². The van der Waals surface area contributed by atoms with Crippen LogP contribution >= 0.6 is 0 Å². The van der Waals surface area contributed by atoms with Crippen LogP contribution in [0.2, 0.25) is 0 Å². The van der Waals surface area contributed by atoms with E-state index < -0.39 is 5.60 Å². The van der Waals surface area contributed by atoms with Crippen molar-refractivity contribution in [2.24, 2.45) is 11.8 Å². The molecule has 3 unspecified atom stereocenters. The van der Waals surface area contributed by atoms with Crippen LogP contribution in [0, 0.1) is 11.8 Å². The number of hydrogen-bond donors (Lipinski definition) is 2. The molecule has 0 saturated heterocycles. The van der Waals surface area contributed by atoms with Crippen molar-refractivity contribution in [3.05, 3.63) is 0 Å². The summed E-state index contributed by atoms with van der Waals surface area (Å²) in [6.07, 6.45) is 4.84. The van der Waals surface area contributed by atoms with Gasteiger partial charge < -0.3 is 15.4 Å². The standard InChI is InChI=1S/C17H34N2O2/c1-7-13-9-8-10-14(13)18-11-15(12(2)3)19-16(20)21-17(4,5)6/h12-15,18H,7-11H2,1-6H3,(H,19,20). The molecular weight excluding hydrogens is 264 g/mol. The molecule has 0 heterocycles. The van der Waals surface area contributed by atoms with Crippen molar-refractivity contribution < 1.29 is 9.53 Å². The van der Waals surface area contributed by atoms with Crippen LogP contribution in [0.25, 0.3) is 0 Å². The van der Waals surface area contributed by atoms with Gasteiger partial charge in [0, 0.05) is 18.6 Å². The highest BCUT2D eigenvalue weighted by atomic mass is 16.6. The zero-order chi connectivity index (χ0) is 16.0. The Labute approximate surface area is 130 Å². The molecule has 0 bridgehead atoms. The van der Waals surface area contributed by atoms with E-state index in [2.05, 4.69) is 31.4 Å². The topological polar surface area (TPSA) is 50.4 Å². The number of carbonyl (C=O) groups excluding carboxylic acids is 1. The van der Waals surface area contributed by atoms with E-state index in [1.807, 2.05) is 20.8 Å². The van der Waals surface area contributed by atoms with Gasteiger partial charge in [0.1, 0.15) is 5.60 Å². The lowest BCUT2D eigenvalue weighted by Gasteiger charge is -2.28. The average Bonchev–Trinajstić information content (AvgIpc) is 2.79. The molecule has 3 atom stereocenters. The molecule has 0 spiro atoms. The van der Waals surface area contributed by atoms with Crippen molar-refractivity contribution in [1.82, 2.24) is 10.6 Å².